The molecule has 0 bridgehead atoms. The summed E-state index contributed by atoms with van der Waals surface area (Å²) < 4.78 is 0. The number of nitrogens with zero attached hydrogens (tertiary/aromatic N) is 1. The lowest BCUT2D eigenvalue weighted by Crippen LogP contribution is -2.35. The Hall–Kier alpha value is -2.33. The smallest absolute Gasteiger partial charge is 0.248 e. The van der Waals surface area contributed by atoms with Crippen molar-refractivity contribution in [2.45, 2.75) is 26.1 Å². The summed E-state index contributed by atoms with van der Waals surface area (Å²) in [5.41, 5.74) is 9.59. The molecule has 3 rings (SSSR count). The van der Waals surface area contributed by atoms with Crippen LogP contribution in [0, 0.1) is 0 Å². The number of nitrogens with two attached hydrogens (primary N) is 1. The van der Waals surface area contributed by atoms with Crippen LogP contribution in [0.4, 0.5) is 5.69 Å². The Balaban J connectivity index is 1.90. The van der Waals surface area contributed by atoms with Crippen molar-refractivity contribution in [1.82, 2.24) is 5.32 Å². The summed E-state index contributed by atoms with van der Waals surface area (Å²) in [6.45, 7) is 4.77. The van der Waals surface area contributed by atoms with Crippen LogP contribution >= 0.6 is 0 Å². The minimum atomic E-state index is -0.381. The molecular formula is C18H21N3O. The highest BCUT2D eigenvalue weighted by Gasteiger charge is 2.18. The second-order valence-electron chi connectivity index (χ2n) is 5.86. The fourth-order valence-electron chi connectivity index (χ4n) is 2.94. The first kappa shape index (κ1) is 14.6. The number of benzene rings is 2. The molecule has 0 saturated heterocycles. The minimum absolute atomic E-state index is 0.381. The highest BCUT2D eigenvalue weighted by molar-refractivity contribution is 5.92. The first-order valence-electron chi connectivity index (χ1n) is 7.58. The average molecular weight is 295 g/mol. The van der Waals surface area contributed by atoms with Crippen molar-refractivity contribution < 1.29 is 4.79 Å². The third kappa shape index (κ3) is 3.12. The van der Waals surface area contributed by atoms with Crippen LogP contribution in [0.15, 0.2) is 48.5 Å². The number of hydrogen-bond donors (Lipinski definition) is 2. The molecule has 2 aromatic carbocycles. The number of carbonyl (C=O) groups excluding carboxylic acids is 1. The predicted octanol–water partition coefficient (Wildman–Crippen LogP) is 2.28. The highest BCUT2D eigenvalue weighted by Crippen LogP contribution is 2.25. The van der Waals surface area contributed by atoms with Gasteiger partial charge in [0.05, 0.1) is 0 Å². The Morgan fingerprint density at radius 1 is 1.27 bits per heavy atom. The Kier molecular flexibility index (Phi) is 4.11. The number of para-hydroxylation sites is 1. The molecule has 0 aliphatic carbocycles. The van der Waals surface area contributed by atoms with E-state index in [1.165, 1.54) is 11.3 Å². The third-order valence-corrected chi connectivity index (χ3v) is 4.05. The summed E-state index contributed by atoms with van der Waals surface area (Å²) in [7, 11) is 0. The van der Waals surface area contributed by atoms with E-state index in [9.17, 15) is 4.79 Å². The molecule has 1 heterocycles. The Morgan fingerprint density at radius 2 is 2.09 bits per heavy atom. The van der Waals surface area contributed by atoms with E-state index in [0.29, 0.717) is 11.6 Å². The number of hydrogen-bond acceptors (Lipinski definition) is 3. The zero-order valence-corrected chi connectivity index (χ0v) is 12.8. The van der Waals surface area contributed by atoms with Crippen molar-refractivity contribution in [2.75, 3.05) is 11.4 Å². The molecule has 0 saturated carbocycles. The van der Waals surface area contributed by atoms with Gasteiger partial charge >= 0.3 is 0 Å². The topological polar surface area (TPSA) is 58.4 Å². The van der Waals surface area contributed by atoms with Crippen molar-refractivity contribution in [3.63, 3.8) is 0 Å². The molecule has 22 heavy (non-hydrogen) atoms. The van der Waals surface area contributed by atoms with Crippen LogP contribution in [-0.4, -0.2) is 18.5 Å². The van der Waals surface area contributed by atoms with E-state index in [2.05, 4.69) is 41.4 Å². The van der Waals surface area contributed by atoms with Crippen LogP contribution in [0.5, 0.6) is 0 Å². The normalized spacial score (nSPS) is 17.7. The molecule has 1 amide bonds. The molecule has 4 heteroatoms. The van der Waals surface area contributed by atoms with E-state index in [-0.39, 0.29) is 5.91 Å². The zero-order valence-electron chi connectivity index (χ0n) is 12.8. The van der Waals surface area contributed by atoms with Gasteiger partial charge in [0.2, 0.25) is 5.91 Å². The van der Waals surface area contributed by atoms with Gasteiger partial charge in [-0.2, -0.15) is 0 Å². The number of carbonyl (C=O) groups is 1. The van der Waals surface area contributed by atoms with Crippen LogP contribution in [0.2, 0.25) is 0 Å². The largest absolute Gasteiger partial charge is 0.366 e. The molecule has 1 unspecified atom stereocenters. The van der Waals surface area contributed by atoms with Gasteiger partial charge in [0.1, 0.15) is 0 Å². The van der Waals surface area contributed by atoms with Gasteiger partial charge in [-0.1, -0.05) is 30.3 Å². The van der Waals surface area contributed by atoms with Crippen LogP contribution in [0.1, 0.15) is 28.4 Å². The molecule has 2 aromatic rings. The molecule has 0 aromatic heterocycles. The summed E-state index contributed by atoms with van der Waals surface area (Å²) >= 11 is 0. The Labute approximate surface area is 130 Å². The predicted molar refractivity (Wildman–Crippen MR) is 88.8 cm³/mol. The van der Waals surface area contributed by atoms with Crippen molar-refractivity contribution in [3.05, 3.63) is 65.2 Å². The van der Waals surface area contributed by atoms with E-state index >= 15 is 0 Å². The highest BCUT2D eigenvalue weighted by atomic mass is 16.1. The summed E-state index contributed by atoms with van der Waals surface area (Å²) in [5.74, 6) is -0.381. The van der Waals surface area contributed by atoms with Gasteiger partial charge in [0.25, 0.3) is 0 Å². The standard InChI is InChI=1S/C18H21N3O/c1-13-11-21(17-8-3-2-6-16(17)10-20-13)12-14-5-4-7-15(9-14)18(19)22/h2-9,13,20H,10-12H2,1H3,(H2,19,22). The summed E-state index contributed by atoms with van der Waals surface area (Å²) in [6, 6.07) is 16.4. The lowest BCUT2D eigenvalue weighted by atomic mass is 10.1. The number of nitrogens with one attached hydrogen (secondary N) is 1. The first-order chi connectivity index (χ1) is 10.6. The molecule has 1 aliphatic heterocycles. The van der Waals surface area contributed by atoms with Gasteiger partial charge in [-0.15, -0.1) is 0 Å². The molecule has 1 atom stereocenters. The molecule has 3 N–H and O–H groups in total. The second kappa shape index (κ2) is 6.20. The molecular weight excluding hydrogens is 274 g/mol. The van der Waals surface area contributed by atoms with E-state index in [0.717, 1.165) is 25.2 Å². The monoisotopic (exact) mass is 295 g/mol. The molecule has 0 radical (unpaired) electrons. The van der Waals surface area contributed by atoms with Crippen molar-refractivity contribution >= 4 is 11.6 Å². The fraction of sp³-hybridized carbons (Fsp3) is 0.278. The maximum absolute atomic E-state index is 11.3. The summed E-state index contributed by atoms with van der Waals surface area (Å²) in [4.78, 5) is 13.7. The van der Waals surface area contributed by atoms with E-state index in [1.807, 2.05) is 18.2 Å². The average Bonchev–Trinajstić information content (AvgIpc) is 2.67. The van der Waals surface area contributed by atoms with Gasteiger partial charge in [0, 0.05) is 36.9 Å². The quantitative estimate of drug-likeness (QED) is 0.913. The van der Waals surface area contributed by atoms with Crippen LogP contribution in [0.3, 0.4) is 0 Å². The van der Waals surface area contributed by atoms with Gasteiger partial charge in [-0.05, 0) is 36.2 Å². The van der Waals surface area contributed by atoms with E-state index in [1.54, 1.807) is 6.07 Å². The third-order valence-electron chi connectivity index (χ3n) is 4.05. The SMILES string of the molecule is CC1CN(Cc2cccc(C(N)=O)c2)c2ccccc2CN1. The zero-order chi connectivity index (χ0) is 15.5. The second-order valence-corrected chi connectivity index (χ2v) is 5.86. The Morgan fingerprint density at radius 3 is 2.91 bits per heavy atom. The molecule has 1 aliphatic rings. The van der Waals surface area contributed by atoms with Crippen LogP contribution < -0.4 is 16.0 Å². The summed E-state index contributed by atoms with van der Waals surface area (Å²) in [5, 5.41) is 3.53. The lowest BCUT2D eigenvalue weighted by molar-refractivity contribution is 0.1000. The van der Waals surface area contributed by atoms with Gasteiger partial charge in [-0.25, -0.2) is 0 Å². The van der Waals surface area contributed by atoms with Gasteiger partial charge in [-0.3, -0.25) is 4.79 Å². The fourth-order valence-corrected chi connectivity index (χ4v) is 2.94. The van der Waals surface area contributed by atoms with Gasteiger partial charge in [0.15, 0.2) is 0 Å². The van der Waals surface area contributed by atoms with Crippen molar-refractivity contribution in [1.29, 1.82) is 0 Å². The maximum Gasteiger partial charge on any atom is 0.248 e. The van der Waals surface area contributed by atoms with Gasteiger partial charge < -0.3 is 16.0 Å². The summed E-state index contributed by atoms with van der Waals surface area (Å²) in [6.07, 6.45) is 0. The number of amides is 1. The number of fused-ring (bicyclic) bond motifs is 1. The maximum atomic E-state index is 11.3. The van der Waals surface area contributed by atoms with Crippen LogP contribution in [0.25, 0.3) is 0 Å². The van der Waals surface area contributed by atoms with Crippen LogP contribution in [-0.2, 0) is 13.1 Å². The lowest BCUT2D eigenvalue weighted by Gasteiger charge is -2.26. The molecule has 0 fully saturated rings. The minimum Gasteiger partial charge on any atom is -0.366 e. The molecule has 114 valence electrons. The first-order valence-corrected chi connectivity index (χ1v) is 7.58. The number of rotatable bonds is 3. The number of anilines is 1. The van der Waals surface area contributed by atoms with E-state index in [4.69, 9.17) is 5.73 Å². The Bertz CT molecular complexity index is 684. The molecule has 4 nitrogen and oxygen atoms in total. The van der Waals surface area contributed by atoms with E-state index < -0.39 is 0 Å². The number of primary amides is 1. The van der Waals surface area contributed by atoms with Crippen molar-refractivity contribution in [3.8, 4) is 0 Å². The van der Waals surface area contributed by atoms with Crippen molar-refractivity contribution in [2.24, 2.45) is 5.73 Å². The molecule has 0 spiro atoms.